The lowest BCUT2D eigenvalue weighted by atomic mass is 9.53. The average Bonchev–Trinajstić information content (AvgIpc) is 2.36. The molecule has 4 aliphatic rings. The lowest BCUT2D eigenvalue weighted by Gasteiger charge is -2.57. The average molecular weight is 278 g/mol. The summed E-state index contributed by atoms with van der Waals surface area (Å²) in [5.74, 6) is 2.48. The Morgan fingerprint density at radius 2 is 1.80 bits per heavy atom. The Hall–Kier alpha value is -1.03. The second-order valence-corrected chi connectivity index (χ2v) is 7.09. The van der Waals surface area contributed by atoms with E-state index in [-0.39, 0.29) is 18.2 Å². The lowest BCUT2D eigenvalue weighted by Crippen LogP contribution is -2.62. The summed E-state index contributed by atoms with van der Waals surface area (Å²) in [6.07, 6.45) is 9.32. The maximum absolute atomic E-state index is 12.5. The Bertz CT molecular complexity index is 359. The molecule has 0 radical (unpaired) electrons. The number of carbonyl (C=O) groups excluding carboxylic acids is 1. The van der Waals surface area contributed by atoms with Gasteiger partial charge in [0, 0.05) is 18.6 Å². The van der Waals surface area contributed by atoms with Gasteiger partial charge in [0.2, 0.25) is 0 Å². The summed E-state index contributed by atoms with van der Waals surface area (Å²) < 4.78 is 0. The predicted molar refractivity (Wildman–Crippen MR) is 78.3 cm³/mol. The Morgan fingerprint density at radius 1 is 1.25 bits per heavy atom. The van der Waals surface area contributed by atoms with Crippen LogP contribution in [0, 0.1) is 17.8 Å². The standard InChI is InChI=1S/C16H26N2O2/c1-2-3-18(4-5-19)15(20)17-16-9-12-6-13(10-16)8-14(7-12)11-16/h2,12-14,19H,1,3-11H2,(H,17,20). The summed E-state index contributed by atoms with van der Waals surface area (Å²) in [6, 6.07) is -0.0269. The topological polar surface area (TPSA) is 52.6 Å². The third-order valence-corrected chi connectivity index (χ3v) is 5.42. The predicted octanol–water partition coefficient (Wildman–Crippen LogP) is 2.15. The van der Waals surface area contributed by atoms with Gasteiger partial charge in [-0.15, -0.1) is 6.58 Å². The molecule has 20 heavy (non-hydrogen) atoms. The van der Waals surface area contributed by atoms with Crippen LogP contribution in [0.5, 0.6) is 0 Å². The highest BCUT2D eigenvalue weighted by Crippen LogP contribution is 2.55. The quantitative estimate of drug-likeness (QED) is 0.757. The minimum Gasteiger partial charge on any atom is -0.395 e. The van der Waals surface area contributed by atoms with Crippen LogP contribution in [0.3, 0.4) is 0 Å². The van der Waals surface area contributed by atoms with E-state index < -0.39 is 0 Å². The zero-order chi connectivity index (χ0) is 14.2. The number of nitrogens with zero attached hydrogens (tertiary/aromatic N) is 1. The Kier molecular flexibility index (Phi) is 3.76. The molecular weight excluding hydrogens is 252 g/mol. The van der Waals surface area contributed by atoms with Gasteiger partial charge in [0.05, 0.1) is 6.61 Å². The first-order valence-electron chi connectivity index (χ1n) is 7.93. The highest BCUT2D eigenvalue weighted by atomic mass is 16.3. The van der Waals surface area contributed by atoms with Gasteiger partial charge >= 0.3 is 6.03 Å². The van der Waals surface area contributed by atoms with Crippen LogP contribution in [0.1, 0.15) is 38.5 Å². The molecule has 0 aromatic rings. The van der Waals surface area contributed by atoms with E-state index in [2.05, 4.69) is 11.9 Å². The van der Waals surface area contributed by atoms with Crippen molar-refractivity contribution < 1.29 is 9.90 Å². The Labute approximate surface area is 121 Å². The number of rotatable bonds is 5. The van der Waals surface area contributed by atoms with Crippen LogP contribution in [-0.2, 0) is 0 Å². The van der Waals surface area contributed by atoms with Crippen molar-refractivity contribution in [3.05, 3.63) is 12.7 Å². The number of urea groups is 1. The third kappa shape index (κ3) is 2.58. The number of aliphatic hydroxyl groups excluding tert-OH is 1. The van der Waals surface area contributed by atoms with Crippen molar-refractivity contribution in [2.45, 2.75) is 44.1 Å². The maximum atomic E-state index is 12.5. The van der Waals surface area contributed by atoms with Crippen molar-refractivity contribution in [1.29, 1.82) is 0 Å². The van der Waals surface area contributed by atoms with Gasteiger partial charge in [-0.3, -0.25) is 0 Å². The number of amides is 2. The van der Waals surface area contributed by atoms with Crippen molar-refractivity contribution >= 4 is 6.03 Å². The molecule has 0 aromatic heterocycles. The van der Waals surface area contributed by atoms with E-state index in [0.29, 0.717) is 13.1 Å². The van der Waals surface area contributed by atoms with E-state index in [0.717, 1.165) is 37.0 Å². The Morgan fingerprint density at radius 3 is 2.25 bits per heavy atom. The molecule has 2 amide bonds. The third-order valence-electron chi connectivity index (χ3n) is 5.42. The fourth-order valence-electron chi connectivity index (χ4n) is 5.12. The fraction of sp³-hybridized carbons (Fsp3) is 0.812. The first-order valence-corrected chi connectivity index (χ1v) is 7.93. The van der Waals surface area contributed by atoms with Crippen molar-refractivity contribution in [3.8, 4) is 0 Å². The van der Waals surface area contributed by atoms with E-state index in [1.807, 2.05) is 0 Å². The minimum absolute atomic E-state index is 0.00212. The van der Waals surface area contributed by atoms with Crippen LogP contribution in [-0.4, -0.2) is 41.3 Å². The van der Waals surface area contributed by atoms with E-state index in [4.69, 9.17) is 5.11 Å². The minimum atomic E-state index is -0.0269. The number of nitrogens with one attached hydrogen (secondary N) is 1. The van der Waals surface area contributed by atoms with Crippen LogP contribution in [0.2, 0.25) is 0 Å². The van der Waals surface area contributed by atoms with Crippen molar-refractivity contribution in [2.24, 2.45) is 17.8 Å². The molecule has 4 bridgehead atoms. The summed E-state index contributed by atoms with van der Waals surface area (Å²) in [4.78, 5) is 14.1. The molecule has 0 spiro atoms. The molecule has 4 saturated carbocycles. The smallest absolute Gasteiger partial charge is 0.318 e. The van der Waals surface area contributed by atoms with Gasteiger partial charge < -0.3 is 15.3 Å². The summed E-state index contributed by atoms with van der Waals surface area (Å²) >= 11 is 0. The van der Waals surface area contributed by atoms with Gasteiger partial charge in [0.15, 0.2) is 0 Å². The van der Waals surface area contributed by atoms with Crippen LogP contribution >= 0.6 is 0 Å². The van der Waals surface area contributed by atoms with E-state index >= 15 is 0 Å². The van der Waals surface area contributed by atoms with Gasteiger partial charge in [-0.2, -0.15) is 0 Å². The molecule has 4 rings (SSSR count). The van der Waals surface area contributed by atoms with Crippen LogP contribution in [0.4, 0.5) is 4.79 Å². The molecule has 4 nitrogen and oxygen atoms in total. The summed E-state index contributed by atoms with van der Waals surface area (Å²) in [5, 5.41) is 12.4. The zero-order valence-corrected chi connectivity index (χ0v) is 12.2. The molecule has 0 atom stereocenters. The molecular formula is C16H26N2O2. The summed E-state index contributed by atoms with van der Waals surface area (Å²) in [5.41, 5.74) is 0.0424. The lowest BCUT2D eigenvalue weighted by molar-refractivity contribution is -0.0157. The SMILES string of the molecule is C=CCN(CCO)C(=O)NC12CC3CC(CC(C3)C1)C2. The van der Waals surface area contributed by atoms with E-state index in [9.17, 15) is 4.79 Å². The van der Waals surface area contributed by atoms with Gasteiger partial charge in [0.25, 0.3) is 0 Å². The maximum Gasteiger partial charge on any atom is 0.318 e. The molecule has 112 valence electrons. The monoisotopic (exact) mass is 278 g/mol. The molecule has 4 aliphatic carbocycles. The van der Waals surface area contributed by atoms with Gasteiger partial charge in [-0.05, 0) is 56.3 Å². The van der Waals surface area contributed by atoms with Gasteiger partial charge in [-0.1, -0.05) is 6.08 Å². The second kappa shape index (κ2) is 5.40. The molecule has 4 heteroatoms. The molecule has 2 N–H and O–H groups in total. The molecule has 0 heterocycles. The Balaban J connectivity index is 1.67. The normalized spacial score (nSPS) is 37.8. The van der Waals surface area contributed by atoms with Crippen LogP contribution in [0.15, 0.2) is 12.7 Å². The van der Waals surface area contributed by atoms with E-state index in [1.165, 1.54) is 19.3 Å². The van der Waals surface area contributed by atoms with Crippen LogP contribution in [0.25, 0.3) is 0 Å². The zero-order valence-electron chi connectivity index (χ0n) is 12.2. The van der Waals surface area contributed by atoms with E-state index in [1.54, 1.807) is 11.0 Å². The number of aliphatic hydroxyl groups is 1. The molecule has 0 saturated heterocycles. The van der Waals surface area contributed by atoms with Crippen molar-refractivity contribution in [1.82, 2.24) is 10.2 Å². The molecule has 0 aliphatic heterocycles. The summed E-state index contributed by atoms with van der Waals surface area (Å²) in [6.45, 7) is 4.57. The number of hydrogen-bond donors (Lipinski definition) is 2. The first kappa shape index (κ1) is 13.9. The second-order valence-electron chi connectivity index (χ2n) is 7.09. The highest BCUT2D eigenvalue weighted by molar-refractivity contribution is 5.75. The van der Waals surface area contributed by atoms with Gasteiger partial charge in [0.1, 0.15) is 0 Å². The molecule has 0 aromatic carbocycles. The molecule has 4 fully saturated rings. The highest BCUT2D eigenvalue weighted by Gasteiger charge is 2.51. The number of hydrogen-bond acceptors (Lipinski definition) is 2. The summed E-state index contributed by atoms with van der Waals surface area (Å²) in [7, 11) is 0. The van der Waals surface area contributed by atoms with Crippen molar-refractivity contribution in [3.63, 3.8) is 0 Å². The van der Waals surface area contributed by atoms with Crippen molar-refractivity contribution in [2.75, 3.05) is 19.7 Å². The fourth-order valence-corrected chi connectivity index (χ4v) is 5.12. The number of carbonyl (C=O) groups is 1. The van der Waals surface area contributed by atoms with Gasteiger partial charge in [-0.25, -0.2) is 4.79 Å². The molecule has 0 unspecified atom stereocenters. The largest absolute Gasteiger partial charge is 0.395 e. The van der Waals surface area contributed by atoms with Crippen LogP contribution < -0.4 is 5.32 Å². The first-order chi connectivity index (χ1) is 9.64.